The summed E-state index contributed by atoms with van der Waals surface area (Å²) in [5, 5.41) is 9.40. The first kappa shape index (κ1) is 23.2. The van der Waals surface area contributed by atoms with E-state index in [1.807, 2.05) is 0 Å². The van der Waals surface area contributed by atoms with E-state index >= 15 is 0 Å². The van der Waals surface area contributed by atoms with Gasteiger partial charge in [-0.05, 0) is 24.8 Å². The Morgan fingerprint density at radius 3 is 2.48 bits per heavy atom. The molecule has 1 aromatic carbocycles. The smallest absolute Gasteiger partial charge is 0.326 e. The molecule has 0 unspecified atom stereocenters. The Morgan fingerprint density at radius 2 is 1.87 bits per heavy atom. The molecule has 0 aliphatic carbocycles. The third-order valence-corrected chi connectivity index (χ3v) is 6.95. The van der Waals surface area contributed by atoms with Crippen LogP contribution in [0.15, 0.2) is 30.3 Å². The SMILES string of the molecule is N[C@H]1CCN(C(=O)C[C@@H](NS(=O)(=O)Cc2ccccc2)C(=O)N2CCC[C@H]2C(=O)O)C1. The van der Waals surface area contributed by atoms with Gasteiger partial charge in [-0.2, -0.15) is 0 Å². The Kier molecular flexibility index (Phi) is 7.29. The number of carboxylic acid groups (broad SMARTS) is 1. The molecular weight excluding hydrogens is 424 g/mol. The van der Waals surface area contributed by atoms with Crippen molar-refractivity contribution < 1.29 is 27.9 Å². The number of nitrogens with two attached hydrogens (primary N) is 1. The second kappa shape index (κ2) is 9.75. The molecule has 0 aromatic heterocycles. The van der Waals surface area contributed by atoms with Crippen molar-refractivity contribution in [2.24, 2.45) is 5.73 Å². The van der Waals surface area contributed by atoms with E-state index in [9.17, 15) is 27.9 Å². The number of aliphatic carboxylic acids is 1. The first-order valence-corrected chi connectivity index (χ1v) is 11.9. The van der Waals surface area contributed by atoms with E-state index in [1.165, 1.54) is 4.90 Å². The second-order valence-corrected chi connectivity index (χ2v) is 9.79. The summed E-state index contributed by atoms with van der Waals surface area (Å²) < 4.78 is 27.9. The average molecular weight is 453 g/mol. The Morgan fingerprint density at radius 1 is 1.16 bits per heavy atom. The number of amides is 2. The fraction of sp³-hybridized carbons (Fsp3) is 0.550. The summed E-state index contributed by atoms with van der Waals surface area (Å²) in [6.45, 7) is 0.993. The van der Waals surface area contributed by atoms with Crippen molar-refractivity contribution in [3.8, 4) is 0 Å². The molecule has 2 heterocycles. The summed E-state index contributed by atoms with van der Waals surface area (Å²) in [4.78, 5) is 40.0. The highest BCUT2D eigenvalue weighted by atomic mass is 32.2. The van der Waals surface area contributed by atoms with Crippen LogP contribution in [-0.4, -0.2) is 78.9 Å². The van der Waals surface area contributed by atoms with E-state index in [0.717, 1.165) is 4.90 Å². The lowest BCUT2D eigenvalue weighted by Crippen LogP contribution is -2.53. The maximum absolute atomic E-state index is 13.1. The number of carboxylic acids is 1. The van der Waals surface area contributed by atoms with Crippen molar-refractivity contribution in [2.45, 2.75) is 49.6 Å². The third-order valence-electron chi connectivity index (χ3n) is 5.60. The minimum Gasteiger partial charge on any atom is -0.480 e. The minimum absolute atomic E-state index is 0.150. The molecule has 2 aliphatic heterocycles. The molecule has 3 rings (SSSR count). The number of sulfonamides is 1. The van der Waals surface area contributed by atoms with Crippen LogP contribution >= 0.6 is 0 Å². The number of likely N-dealkylation sites (tertiary alicyclic amines) is 2. The van der Waals surface area contributed by atoms with Crippen LogP contribution in [0.25, 0.3) is 0 Å². The first-order chi connectivity index (χ1) is 14.7. The lowest BCUT2D eigenvalue weighted by atomic mass is 10.1. The first-order valence-electron chi connectivity index (χ1n) is 10.3. The van der Waals surface area contributed by atoms with Crippen LogP contribution in [-0.2, 0) is 30.2 Å². The molecule has 4 N–H and O–H groups in total. The third kappa shape index (κ3) is 6.02. The molecule has 2 saturated heterocycles. The van der Waals surface area contributed by atoms with Crippen LogP contribution < -0.4 is 10.5 Å². The number of rotatable bonds is 8. The average Bonchev–Trinajstić information content (AvgIpc) is 3.36. The van der Waals surface area contributed by atoms with Crippen molar-refractivity contribution >= 4 is 27.8 Å². The van der Waals surface area contributed by atoms with E-state index in [0.29, 0.717) is 37.9 Å². The fourth-order valence-electron chi connectivity index (χ4n) is 4.04. The van der Waals surface area contributed by atoms with Gasteiger partial charge in [0.2, 0.25) is 21.8 Å². The number of carbonyl (C=O) groups excluding carboxylic acids is 2. The highest BCUT2D eigenvalue weighted by molar-refractivity contribution is 7.88. The van der Waals surface area contributed by atoms with Crippen LogP contribution in [0.5, 0.6) is 0 Å². The summed E-state index contributed by atoms with van der Waals surface area (Å²) in [5.74, 6) is -2.59. The quantitative estimate of drug-likeness (QED) is 0.481. The van der Waals surface area contributed by atoms with E-state index < -0.39 is 34.0 Å². The van der Waals surface area contributed by atoms with Crippen molar-refractivity contribution in [2.75, 3.05) is 19.6 Å². The van der Waals surface area contributed by atoms with Gasteiger partial charge < -0.3 is 20.6 Å². The zero-order valence-electron chi connectivity index (χ0n) is 17.1. The number of hydrogen-bond acceptors (Lipinski definition) is 6. The van der Waals surface area contributed by atoms with Crippen LogP contribution in [0.4, 0.5) is 0 Å². The molecule has 2 fully saturated rings. The number of nitrogens with zero attached hydrogens (tertiary/aromatic N) is 2. The van der Waals surface area contributed by atoms with Gasteiger partial charge in [-0.15, -0.1) is 0 Å². The standard InChI is InChI=1S/C20H28N4O6S/c21-15-8-10-23(12-15)18(25)11-16(19(26)24-9-4-7-17(24)20(27)28)22-31(29,30)13-14-5-2-1-3-6-14/h1-3,5-6,15-17,22H,4,7-13,21H2,(H,27,28)/t15-,16+,17-/m0/s1. The molecule has 0 saturated carbocycles. The van der Waals surface area contributed by atoms with Gasteiger partial charge in [0.25, 0.3) is 0 Å². The zero-order valence-corrected chi connectivity index (χ0v) is 18.0. The van der Waals surface area contributed by atoms with Gasteiger partial charge in [-0.1, -0.05) is 30.3 Å². The summed E-state index contributed by atoms with van der Waals surface area (Å²) in [5.41, 5.74) is 6.38. The monoisotopic (exact) mass is 452 g/mol. The maximum atomic E-state index is 13.1. The molecule has 31 heavy (non-hydrogen) atoms. The fourth-order valence-corrected chi connectivity index (χ4v) is 5.37. The van der Waals surface area contributed by atoms with E-state index in [2.05, 4.69) is 4.72 Å². The molecule has 2 amide bonds. The van der Waals surface area contributed by atoms with E-state index in [-0.39, 0.29) is 30.7 Å². The Balaban J connectivity index is 1.78. The number of hydrogen-bond donors (Lipinski definition) is 3. The molecule has 2 aliphatic rings. The van der Waals surface area contributed by atoms with Gasteiger partial charge in [0, 0.05) is 25.7 Å². The zero-order chi connectivity index (χ0) is 22.6. The molecule has 11 heteroatoms. The molecule has 3 atom stereocenters. The Hall–Kier alpha value is -2.50. The van der Waals surface area contributed by atoms with Crippen molar-refractivity contribution in [3.05, 3.63) is 35.9 Å². The highest BCUT2D eigenvalue weighted by Crippen LogP contribution is 2.20. The molecule has 1 aromatic rings. The summed E-state index contributed by atoms with van der Waals surface area (Å²) >= 11 is 0. The Labute approximate surface area is 181 Å². The molecule has 170 valence electrons. The molecule has 0 spiro atoms. The van der Waals surface area contributed by atoms with Gasteiger partial charge >= 0.3 is 5.97 Å². The van der Waals surface area contributed by atoms with Crippen molar-refractivity contribution in [3.63, 3.8) is 0 Å². The normalized spacial score (nSPS) is 22.5. The molecule has 0 bridgehead atoms. The molecule has 0 radical (unpaired) electrons. The van der Waals surface area contributed by atoms with Crippen molar-refractivity contribution in [1.29, 1.82) is 0 Å². The number of benzene rings is 1. The summed E-state index contributed by atoms with van der Waals surface area (Å²) in [6.07, 6.45) is 1.04. The highest BCUT2D eigenvalue weighted by Gasteiger charge is 2.40. The minimum atomic E-state index is -3.97. The number of carbonyl (C=O) groups is 3. The predicted octanol–water partition coefficient (Wildman–Crippen LogP) is -0.500. The summed E-state index contributed by atoms with van der Waals surface area (Å²) in [7, 11) is -3.97. The van der Waals surface area contributed by atoms with Gasteiger partial charge in [-0.3, -0.25) is 9.59 Å². The van der Waals surface area contributed by atoms with Gasteiger partial charge in [0.1, 0.15) is 12.1 Å². The largest absolute Gasteiger partial charge is 0.480 e. The van der Waals surface area contributed by atoms with E-state index in [4.69, 9.17) is 5.73 Å². The molecule has 10 nitrogen and oxygen atoms in total. The molecular formula is C20H28N4O6S. The van der Waals surface area contributed by atoms with Gasteiger partial charge in [-0.25, -0.2) is 17.9 Å². The Bertz CT molecular complexity index is 923. The summed E-state index contributed by atoms with van der Waals surface area (Å²) in [6, 6.07) is 5.91. The van der Waals surface area contributed by atoms with Crippen LogP contribution in [0.3, 0.4) is 0 Å². The van der Waals surface area contributed by atoms with Crippen LogP contribution in [0, 0.1) is 0 Å². The second-order valence-electron chi connectivity index (χ2n) is 8.04. The lowest BCUT2D eigenvalue weighted by Gasteiger charge is -2.28. The maximum Gasteiger partial charge on any atom is 0.326 e. The van der Waals surface area contributed by atoms with Crippen LogP contribution in [0.1, 0.15) is 31.2 Å². The lowest BCUT2D eigenvalue weighted by molar-refractivity contribution is -0.149. The topological polar surface area (TPSA) is 150 Å². The van der Waals surface area contributed by atoms with Gasteiger partial charge in [0.05, 0.1) is 12.2 Å². The predicted molar refractivity (Wildman–Crippen MR) is 112 cm³/mol. The van der Waals surface area contributed by atoms with Crippen molar-refractivity contribution in [1.82, 2.24) is 14.5 Å². The number of nitrogens with one attached hydrogen (secondary N) is 1. The van der Waals surface area contributed by atoms with Gasteiger partial charge in [0.15, 0.2) is 0 Å². The van der Waals surface area contributed by atoms with E-state index in [1.54, 1.807) is 30.3 Å². The van der Waals surface area contributed by atoms with Crippen LogP contribution in [0.2, 0.25) is 0 Å².